The quantitative estimate of drug-likeness (QED) is 0.704. The third-order valence-electron chi connectivity index (χ3n) is 5.00. The molecule has 0 aliphatic carbocycles. The first-order chi connectivity index (χ1) is 14.5. The number of aromatic nitrogens is 2. The summed E-state index contributed by atoms with van der Waals surface area (Å²) in [5, 5.41) is 12.2. The van der Waals surface area contributed by atoms with E-state index in [1.54, 1.807) is 25.5 Å². The minimum atomic E-state index is -0.628. The van der Waals surface area contributed by atoms with Crippen molar-refractivity contribution in [3.8, 4) is 6.07 Å². The van der Waals surface area contributed by atoms with Crippen molar-refractivity contribution < 1.29 is 9.59 Å². The van der Waals surface area contributed by atoms with Crippen LogP contribution in [0.2, 0.25) is 0 Å². The summed E-state index contributed by atoms with van der Waals surface area (Å²) >= 11 is 1.29. The number of likely N-dealkylation sites (N-methyl/N-ethyl adjacent to an activating group) is 1. The van der Waals surface area contributed by atoms with Crippen molar-refractivity contribution in [3.05, 3.63) is 75.4 Å². The molecule has 1 N–H and O–H groups in total. The first kappa shape index (κ1) is 19.7. The van der Waals surface area contributed by atoms with Gasteiger partial charge in [0.2, 0.25) is 5.91 Å². The summed E-state index contributed by atoms with van der Waals surface area (Å²) in [5.41, 5.74) is 2.57. The zero-order valence-electron chi connectivity index (χ0n) is 16.3. The van der Waals surface area contributed by atoms with Crippen LogP contribution in [0.5, 0.6) is 0 Å². The molecule has 0 radical (unpaired) electrons. The summed E-state index contributed by atoms with van der Waals surface area (Å²) in [6, 6.07) is 12.6. The Balaban J connectivity index is 1.44. The van der Waals surface area contributed by atoms with Gasteiger partial charge in [0.15, 0.2) is 5.01 Å². The summed E-state index contributed by atoms with van der Waals surface area (Å²) in [7, 11) is 1.68. The van der Waals surface area contributed by atoms with Crippen LogP contribution in [0.4, 0.5) is 5.82 Å². The van der Waals surface area contributed by atoms with E-state index in [1.807, 2.05) is 30.3 Å². The Morgan fingerprint density at radius 1 is 1.33 bits per heavy atom. The first-order valence-electron chi connectivity index (χ1n) is 9.51. The van der Waals surface area contributed by atoms with Crippen LogP contribution in [0.3, 0.4) is 0 Å². The highest BCUT2D eigenvalue weighted by molar-refractivity contribution is 7.13. The second-order valence-corrected chi connectivity index (χ2v) is 8.18. The van der Waals surface area contributed by atoms with Crippen LogP contribution in [0, 0.1) is 11.3 Å². The number of amides is 2. The minimum Gasteiger partial charge on any atom is -0.338 e. The van der Waals surface area contributed by atoms with Crippen LogP contribution < -0.4 is 10.2 Å². The fraction of sp³-hybridized carbons (Fsp3) is 0.227. The number of pyridine rings is 1. The summed E-state index contributed by atoms with van der Waals surface area (Å²) < 4.78 is 0. The van der Waals surface area contributed by atoms with Crippen LogP contribution >= 0.6 is 11.3 Å². The van der Waals surface area contributed by atoms with Crippen molar-refractivity contribution in [2.75, 3.05) is 11.9 Å². The van der Waals surface area contributed by atoms with Crippen molar-refractivity contribution in [1.29, 1.82) is 5.26 Å². The fourth-order valence-electron chi connectivity index (χ4n) is 3.49. The number of hydrogen-bond acceptors (Lipinski definition) is 6. The molecular formula is C22H19N5O2S. The SMILES string of the molecule is CN1C(=O)C(NC(=O)c2ncc(Cc3cccc(C#N)c3)s2)CCc2cccnc21. The van der Waals surface area contributed by atoms with Crippen molar-refractivity contribution in [3.63, 3.8) is 0 Å². The number of nitrogens with one attached hydrogen (secondary N) is 1. The number of carbonyl (C=O) groups is 2. The molecule has 150 valence electrons. The van der Waals surface area contributed by atoms with Gasteiger partial charge in [0, 0.05) is 30.7 Å². The summed E-state index contributed by atoms with van der Waals surface area (Å²) in [5.74, 6) is 0.0870. The van der Waals surface area contributed by atoms with Crippen LogP contribution in [-0.4, -0.2) is 34.9 Å². The average molecular weight is 417 g/mol. The smallest absolute Gasteiger partial charge is 0.280 e. The number of rotatable bonds is 4. The van der Waals surface area contributed by atoms with Gasteiger partial charge in [-0.15, -0.1) is 11.3 Å². The largest absolute Gasteiger partial charge is 0.338 e. The Hall–Kier alpha value is -3.57. The molecule has 1 aliphatic rings. The summed E-state index contributed by atoms with van der Waals surface area (Å²) in [6.07, 6.45) is 5.08. The molecule has 2 aromatic heterocycles. The lowest BCUT2D eigenvalue weighted by molar-refractivity contribution is -0.120. The van der Waals surface area contributed by atoms with Crippen LogP contribution in [0.25, 0.3) is 0 Å². The maximum atomic E-state index is 12.8. The van der Waals surface area contributed by atoms with E-state index in [4.69, 9.17) is 5.26 Å². The summed E-state index contributed by atoms with van der Waals surface area (Å²) in [4.78, 5) is 36.5. The molecule has 3 aromatic rings. The Kier molecular flexibility index (Phi) is 5.55. The standard InChI is InChI=1S/C22H19N5O2S/c1-27-19-16(6-3-9-24-19)7-8-18(22(27)29)26-20(28)21-25-13-17(30-21)11-14-4-2-5-15(10-14)12-23/h2-6,9-10,13,18H,7-8,11H2,1H3,(H,26,28). The zero-order valence-corrected chi connectivity index (χ0v) is 17.1. The van der Waals surface area contributed by atoms with E-state index in [2.05, 4.69) is 21.4 Å². The number of aryl methyl sites for hydroxylation is 1. The molecule has 8 heteroatoms. The molecule has 0 bridgehead atoms. The second-order valence-electron chi connectivity index (χ2n) is 7.07. The van der Waals surface area contributed by atoms with E-state index in [0.717, 1.165) is 16.0 Å². The van der Waals surface area contributed by atoms with Crippen LogP contribution in [0.15, 0.2) is 48.8 Å². The second kappa shape index (κ2) is 8.43. The lowest BCUT2D eigenvalue weighted by atomic mass is 10.1. The van der Waals surface area contributed by atoms with Gasteiger partial charge in [0.1, 0.15) is 11.9 Å². The number of carbonyl (C=O) groups excluding carboxylic acids is 2. The molecule has 0 spiro atoms. The van der Waals surface area contributed by atoms with Crippen LogP contribution in [0.1, 0.15) is 37.8 Å². The third kappa shape index (κ3) is 4.07. The van der Waals surface area contributed by atoms with Gasteiger partial charge in [0.25, 0.3) is 5.91 Å². The van der Waals surface area contributed by atoms with Gasteiger partial charge in [-0.25, -0.2) is 9.97 Å². The van der Waals surface area contributed by atoms with Gasteiger partial charge in [-0.1, -0.05) is 18.2 Å². The van der Waals surface area contributed by atoms with Gasteiger partial charge in [-0.3, -0.25) is 14.5 Å². The molecule has 30 heavy (non-hydrogen) atoms. The number of benzene rings is 1. The van der Waals surface area contributed by atoms with Crippen LogP contribution in [-0.2, 0) is 17.6 Å². The molecule has 1 aliphatic heterocycles. The number of anilines is 1. The van der Waals surface area contributed by atoms with E-state index in [1.165, 1.54) is 16.2 Å². The van der Waals surface area contributed by atoms with E-state index in [9.17, 15) is 9.59 Å². The van der Waals surface area contributed by atoms with Gasteiger partial charge in [-0.05, 0) is 42.2 Å². The molecule has 0 saturated carbocycles. The lowest BCUT2D eigenvalue weighted by Crippen LogP contribution is -2.46. The number of thiazole rings is 1. The molecular weight excluding hydrogens is 398 g/mol. The number of nitriles is 1. The summed E-state index contributed by atoms with van der Waals surface area (Å²) in [6.45, 7) is 0. The fourth-order valence-corrected chi connectivity index (χ4v) is 4.34. The maximum absolute atomic E-state index is 12.8. The number of nitrogens with zero attached hydrogens (tertiary/aromatic N) is 4. The highest BCUT2D eigenvalue weighted by Gasteiger charge is 2.30. The Bertz CT molecular complexity index is 1150. The highest BCUT2D eigenvalue weighted by atomic mass is 32.1. The Morgan fingerprint density at radius 3 is 3.03 bits per heavy atom. The third-order valence-corrected chi connectivity index (χ3v) is 6.00. The van der Waals surface area contributed by atoms with E-state index in [-0.39, 0.29) is 11.8 Å². The number of hydrogen-bond donors (Lipinski definition) is 1. The van der Waals surface area contributed by atoms with E-state index >= 15 is 0 Å². The van der Waals surface area contributed by atoms with Crippen molar-refractivity contribution in [2.45, 2.75) is 25.3 Å². The van der Waals surface area contributed by atoms with Gasteiger partial charge < -0.3 is 5.32 Å². The zero-order chi connectivity index (χ0) is 21.1. The Labute approximate surface area is 178 Å². The Morgan fingerprint density at radius 2 is 2.20 bits per heavy atom. The molecule has 2 amide bonds. The topological polar surface area (TPSA) is 99.0 Å². The van der Waals surface area contributed by atoms with Crippen molar-refractivity contribution in [2.24, 2.45) is 0 Å². The van der Waals surface area contributed by atoms with E-state index < -0.39 is 6.04 Å². The molecule has 4 rings (SSSR count). The predicted octanol–water partition coefficient (Wildman–Crippen LogP) is 2.71. The van der Waals surface area contributed by atoms with Gasteiger partial charge in [0.05, 0.1) is 11.6 Å². The van der Waals surface area contributed by atoms with E-state index in [0.29, 0.717) is 35.7 Å². The normalized spacial score (nSPS) is 15.8. The molecule has 1 atom stereocenters. The van der Waals surface area contributed by atoms with Gasteiger partial charge >= 0.3 is 0 Å². The molecule has 3 heterocycles. The van der Waals surface area contributed by atoms with Crippen molar-refractivity contribution in [1.82, 2.24) is 15.3 Å². The molecule has 0 fully saturated rings. The lowest BCUT2D eigenvalue weighted by Gasteiger charge is -2.20. The molecule has 0 saturated heterocycles. The first-order valence-corrected chi connectivity index (χ1v) is 10.3. The average Bonchev–Trinajstić information content (AvgIpc) is 3.20. The monoisotopic (exact) mass is 417 g/mol. The molecule has 7 nitrogen and oxygen atoms in total. The maximum Gasteiger partial charge on any atom is 0.280 e. The van der Waals surface area contributed by atoms with Gasteiger partial charge in [-0.2, -0.15) is 5.26 Å². The highest BCUT2D eigenvalue weighted by Crippen LogP contribution is 2.24. The number of fused-ring (bicyclic) bond motifs is 1. The molecule has 1 unspecified atom stereocenters. The predicted molar refractivity (Wildman–Crippen MR) is 113 cm³/mol. The minimum absolute atomic E-state index is 0.189. The van der Waals surface area contributed by atoms with Crippen molar-refractivity contribution >= 4 is 29.0 Å². The molecule has 1 aromatic carbocycles.